The number of hydrogen-bond donors (Lipinski definition) is 2. The molecule has 0 bridgehead atoms. The summed E-state index contributed by atoms with van der Waals surface area (Å²) in [6.45, 7) is 3.31. The maximum absolute atomic E-state index is 12.9. The van der Waals surface area contributed by atoms with E-state index in [0.717, 1.165) is 25.0 Å². The Balaban J connectivity index is 1.41. The molecule has 7 nitrogen and oxygen atoms in total. The van der Waals surface area contributed by atoms with Gasteiger partial charge in [0.15, 0.2) is 0 Å². The molecule has 2 unspecified atom stereocenters. The lowest BCUT2D eigenvalue weighted by Crippen LogP contribution is -2.33. The highest BCUT2D eigenvalue weighted by Gasteiger charge is 2.35. The summed E-state index contributed by atoms with van der Waals surface area (Å²) in [7, 11) is 0. The van der Waals surface area contributed by atoms with Crippen LogP contribution in [0.15, 0.2) is 42.5 Å². The molecule has 0 saturated carbocycles. The molecule has 3 amide bonds. The number of ether oxygens (including phenoxy) is 1. The Kier molecular flexibility index (Phi) is 6.77. The van der Waals surface area contributed by atoms with Crippen LogP contribution < -0.4 is 15.5 Å². The second kappa shape index (κ2) is 9.71. The van der Waals surface area contributed by atoms with E-state index in [2.05, 4.69) is 10.6 Å². The molecule has 0 aromatic heterocycles. The van der Waals surface area contributed by atoms with Gasteiger partial charge in [-0.15, -0.1) is 0 Å². The average Bonchev–Trinajstić information content (AvgIpc) is 3.44. The van der Waals surface area contributed by atoms with Crippen molar-refractivity contribution in [2.75, 3.05) is 29.9 Å². The van der Waals surface area contributed by atoms with Crippen molar-refractivity contribution in [3.63, 3.8) is 0 Å². The number of rotatable bonds is 6. The minimum Gasteiger partial charge on any atom is -0.376 e. The number of para-hydroxylation sites is 1. The Bertz CT molecular complexity index is 1040. The first kappa shape index (κ1) is 22.3. The summed E-state index contributed by atoms with van der Waals surface area (Å²) < 4.78 is 5.54. The summed E-state index contributed by atoms with van der Waals surface area (Å²) in [5.41, 5.74) is 2.40. The van der Waals surface area contributed by atoms with Crippen LogP contribution in [0.1, 0.15) is 35.2 Å². The van der Waals surface area contributed by atoms with Gasteiger partial charge in [0.25, 0.3) is 5.91 Å². The molecule has 168 valence electrons. The fraction of sp³-hybridized carbons (Fsp3) is 0.375. The summed E-state index contributed by atoms with van der Waals surface area (Å²) in [6, 6.07) is 12.3. The highest BCUT2D eigenvalue weighted by molar-refractivity contribution is 6.31. The van der Waals surface area contributed by atoms with E-state index in [-0.39, 0.29) is 36.8 Å². The van der Waals surface area contributed by atoms with Crippen molar-refractivity contribution in [2.24, 2.45) is 5.92 Å². The minimum absolute atomic E-state index is 0.0338. The zero-order chi connectivity index (χ0) is 22.7. The molecule has 2 saturated heterocycles. The second-order valence-corrected chi connectivity index (χ2v) is 8.63. The molecule has 2 fully saturated rings. The molecule has 2 aliphatic heterocycles. The van der Waals surface area contributed by atoms with Crippen LogP contribution in [0.25, 0.3) is 0 Å². The van der Waals surface area contributed by atoms with Crippen molar-refractivity contribution in [1.29, 1.82) is 0 Å². The molecule has 2 heterocycles. The van der Waals surface area contributed by atoms with Gasteiger partial charge in [-0.25, -0.2) is 0 Å². The number of nitrogens with one attached hydrogen (secondary N) is 2. The number of hydrogen-bond acceptors (Lipinski definition) is 4. The summed E-state index contributed by atoms with van der Waals surface area (Å²) in [4.78, 5) is 39.7. The van der Waals surface area contributed by atoms with Crippen LogP contribution in [0.5, 0.6) is 0 Å². The Morgan fingerprint density at radius 3 is 2.78 bits per heavy atom. The average molecular weight is 456 g/mol. The van der Waals surface area contributed by atoms with Crippen LogP contribution in [0, 0.1) is 12.8 Å². The first-order chi connectivity index (χ1) is 15.4. The number of amides is 3. The first-order valence-electron chi connectivity index (χ1n) is 10.8. The monoisotopic (exact) mass is 455 g/mol. The number of benzene rings is 2. The van der Waals surface area contributed by atoms with Gasteiger partial charge in [-0.05, 0) is 49.6 Å². The van der Waals surface area contributed by atoms with Gasteiger partial charge in [-0.3, -0.25) is 14.4 Å². The van der Waals surface area contributed by atoms with Crippen molar-refractivity contribution in [3.05, 3.63) is 58.6 Å². The van der Waals surface area contributed by atoms with Gasteiger partial charge in [-0.2, -0.15) is 0 Å². The van der Waals surface area contributed by atoms with Crippen LogP contribution in [0.4, 0.5) is 11.4 Å². The lowest BCUT2D eigenvalue weighted by Gasteiger charge is -2.18. The van der Waals surface area contributed by atoms with Crippen molar-refractivity contribution in [3.8, 4) is 0 Å². The number of anilines is 2. The van der Waals surface area contributed by atoms with Crippen LogP contribution in [0.3, 0.4) is 0 Å². The van der Waals surface area contributed by atoms with Crippen LogP contribution in [0.2, 0.25) is 5.02 Å². The van der Waals surface area contributed by atoms with Crippen molar-refractivity contribution >= 4 is 40.7 Å². The van der Waals surface area contributed by atoms with Gasteiger partial charge >= 0.3 is 0 Å². The fourth-order valence-corrected chi connectivity index (χ4v) is 4.19. The summed E-state index contributed by atoms with van der Waals surface area (Å²) in [5.74, 6) is -1.22. The number of nitrogens with zero attached hydrogens (tertiary/aromatic N) is 1. The molecule has 2 aromatic carbocycles. The van der Waals surface area contributed by atoms with E-state index < -0.39 is 5.92 Å². The van der Waals surface area contributed by atoms with Gasteiger partial charge in [0.2, 0.25) is 11.8 Å². The van der Waals surface area contributed by atoms with Gasteiger partial charge in [-0.1, -0.05) is 29.8 Å². The van der Waals surface area contributed by atoms with Gasteiger partial charge in [0, 0.05) is 36.8 Å². The molecule has 2 aromatic rings. The van der Waals surface area contributed by atoms with E-state index in [9.17, 15) is 14.4 Å². The Morgan fingerprint density at radius 1 is 1.22 bits per heavy atom. The second-order valence-electron chi connectivity index (χ2n) is 8.22. The van der Waals surface area contributed by atoms with E-state index in [1.165, 1.54) is 0 Å². The minimum atomic E-state index is -0.523. The van der Waals surface area contributed by atoms with E-state index in [1.807, 2.05) is 19.1 Å². The van der Waals surface area contributed by atoms with E-state index in [0.29, 0.717) is 28.5 Å². The highest BCUT2D eigenvalue weighted by Crippen LogP contribution is 2.29. The van der Waals surface area contributed by atoms with E-state index in [4.69, 9.17) is 16.3 Å². The lowest BCUT2D eigenvalue weighted by molar-refractivity contribution is -0.122. The lowest BCUT2D eigenvalue weighted by atomic mass is 10.1. The zero-order valence-corrected chi connectivity index (χ0v) is 18.7. The Hall–Kier alpha value is -2.90. The summed E-state index contributed by atoms with van der Waals surface area (Å²) >= 11 is 6.20. The number of aryl methyl sites for hydroxylation is 1. The Labute approximate surface area is 192 Å². The summed E-state index contributed by atoms with van der Waals surface area (Å²) in [5, 5.41) is 6.29. The first-order valence-corrected chi connectivity index (χ1v) is 11.2. The van der Waals surface area contributed by atoms with Crippen molar-refractivity contribution < 1.29 is 19.1 Å². The van der Waals surface area contributed by atoms with Crippen LogP contribution in [-0.4, -0.2) is 43.5 Å². The smallest absolute Gasteiger partial charge is 0.253 e. The zero-order valence-electron chi connectivity index (χ0n) is 17.9. The molecule has 0 spiro atoms. The van der Waals surface area contributed by atoms with Crippen LogP contribution >= 0.6 is 11.6 Å². The number of carbonyl (C=O) groups is 3. The molecule has 0 radical (unpaired) electrons. The predicted molar refractivity (Wildman–Crippen MR) is 123 cm³/mol. The molecular formula is C24H26ClN3O4. The van der Waals surface area contributed by atoms with Gasteiger partial charge in [0.1, 0.15) is 0 Å². The van der Waals surface area contributed by atoms with E-state index >= 15 is 0 Å². The third-order valence-corrected chi connectivity index (χ3v) is 6.31. The van der Waals surface area contributed by atoms with Gasteiger partial charge < -0.3 is 20.3 Å². The topological polar surface area (TPSA) is 87.7 Å². The normalized spacial score (nSPS) is 20.4. The predicted octanol–water partition coefficient (Wildman–Crippen LogP) is 3.55. The van der Waals surface area contributed by atoms with Crippen LogP contribution in [-0.2, 0) is 14.3 Å². The molecule has 8 heteroatoms. The quantitative estimate of drug-likeness (QED) is 0.697. The third kappa shape index (κ3) is 4.95. The Morgan fingerprint density at radius 2 is 2.03 bits per heavy atom. The van der Waals surface area contributed by atoms with Gasteiger partial charge in [0.05, 0.1) is 23.3 Å². The molecule has 0 aliphatic carbocycles. The van der Waals surface area contributed by atoms with E-state index in [1.54, 1.807) is 35.2 Å². The summed E-state index contributed by atoms with van der Waals surface area (Å²) in [6.07, 6.45) is 2.06. The maximum atomic E-state index is 12.9. The van der Waals surface area contributed by atoms with Crippen molar-refractivity contribution in [2.45, 2.75) is 32.3 Å². The number of halogens is 1. The third-order valence-electron chi connectivity index (χ3n) is 5.91. The SMILES string of the molecule is Cc1ccc(N2CC(C(=O)Nc3ccccc3C(=O)NCC3CCCO3)CC2=O)cc1Cl. The van der Waals surface area contributed by atoms with Crippen molar-refractivity contribution in [1.82, 2.24) is 5.32 Å². The molecule has 32 heavy (non-hydrogen) atoms. The maximum Gasteiger partial charge on any atom is 0.253 e. The highest BCUT2D eigenvalue weighted by atomic mass is 35.5. The fourth-order valence-electron chi connectivity index (χ4n) is 4.01. The molecule has 4 rings (SSSR count). The molecule has 2 N–H and O–H groups in total. The molecule has 2 aliphatic rings. The molecule has 2 atom stereocenters. The largest absolute Gasteiger partial charge is 0.376 e. The molecular weight excluding hydrogens is 430 g/mol. The standard InChI is InChI=1S/C24H26ClN3O4/c1-15-8-9-17(12-20(15)25)28-14-16(11-22(28)29)23(30)27-21-7-3-2-6-19(21)24(31)26-13-18-5-4-10-32-18/h2-3,6-9,12,16,18H,4-5,10-11,13-14H2,1H3,(H,26,31)(H,27,30). The number of carbonyl (C=O) groups excluding carboxylic acids is 3.